The van der Waals surface area contributed by atoms with Crippen LogP contribution in [0.2, 0.25) is 0 Å². The van der Waals surface area contributed by atoms with Crippen molar-refractivity contribution in [1.82, 2.24) is 9.62 Å². The molecule has 0 aliphatic heterocycles. The van der Waals surface area contributed by atoms with Crippen LogP contribution in [0.3, 0.4) is 0 Å². The normalized spacial score (nSPS) is 12.1. The van der Waals surface area contributed by atoms with Crippen LogP contribution in [0.5, 0.6) is 0 Å². The summed E-state index contributed by atoms with van der Waals surface area (Å²) in [6, 6.07) is 8.95. The number of amides is 1. The lowest BCUT2D eigenvalue weighted by Gasteiger charge is -2.22. The summed E-state index contributed by atoms with van der Waals surface area (Å²) in [7, 11) is -2.22. The quantitative estimate of drug-likeness (QED) is 0.710. The number of carbonyl (C=O) groups excluding carboxylic acids is 1. The summed E-state index contributed by atoms with van der Waals surface area (Å²) in [5.74, 6) is -0.796. The van der Waals surface area contributed by atoms with Crippen LogP contribution >= 0.6 is 15.9 Å². The average Bonchev–Trinajstić information content (AvgIpc) is 2.55. The van der Waals surface area contributed by atoms with Gasteiger partial charge in [-0.05, 0) is 63.6 Å². The summed E-state index contributed by atoms with van der Waals surface area (Å²) in [5.41, 5.74) is 0.611. The van der Waals surface area contributed by atoms with E-state index in [4.69, 9.17) is 0 Å². The van der Waals surface area contributed by atoms with Gasteiger partial charge in [-0.15, -0.1) is 0 Å². The molecule has 28 heavy (non-hydrogen) atoms. The molecule has 0 saturated heterocycles. The van der Waals surface area contributed by atoms with E-state index in [0.717, 1.165) is 0 Å². The zero-order valence-corrected chi connectivity index (χ0v) is 18.9. The van der Waals surface area contributed by atoms with Crippen molar-refractivity contribution in [2.45, 2.75) is 44.7 Å². The molecule has 152 valence electrons. The fourth-order valence-electron chi connectivity index (χ4n) is 2.66. The first-order valence-electron chi connectivity index (χ1n) is 8.64. The second-order valence-electron chi connectivity index (χ2n) is 7.73. The fraction of sp³-hybridized carbons (Fsp3) is 0.350. The van der Waals surface area contributed by atoms with Gasteiger partial charge in [-0.3, -0.25) is 4.79 Å². The van der Waals surface area contributed by atoms with Crippen molar-refractivity contribution in [2.75, 3.05) is 7.05 Å². The van der Waals surface area contributed by atoms with Crippen LogP contribution in [0.15, 0.2) is 45.8 Å². The summed E-state index contributed by atoms with van der Waals surface area (Å²) in [6.45, 7) is 7.01. The number of rotatable bonds is 5. The molecule has 2 aromatic rings. The number of aryl methyl sites for hydroxylation is 1. The van der Waals surface area contributed by atoms with Gasteiger partial charge in [0.05, 0.1) is 4.90 Å². The highest BCUT2D eigenvalue weighted by Crippen LogP contribution is 2.21. The van der Waals surface area contributed by atoms with Crippen LogP contribution in [0.4, 0.5) is 4.39 Å². The van der Waals surface area contributed by atoms with Crippen molar-refractivity contribution in [3.05, 3.63) is 63.4 Å². The van der Waals surface area contributed by atoms with E-state index in [2.05, 4.69) is 20.7 Å². The first-order chi connectivity index (χ1) is 12.8. The van der Waals surface area contributed by atoms with E-state index >= 15 is 0 Å². The van der Waals surface area contributed by atoms with Crippen molar-refractivity contribution >= 4 is 31.9 Å². The van der Waals surface area contributed by atoms with E-state index in [0.29, 0.717) is 15.6 Å². The number of nitrogens with one attached hydrogen (secondary N) is 1. The lowest BCUT2D eigenvalue weighted by Crippen LogP contribution is -2.40. The number of nitrogens with zero attached hydrogens (tertiary/aromatic N) is 1. The number of hydrogen-bond donors (Lipinski definition) is 1. The number of halogens is 2. The van der Waals surface area contributed by atoms with Crippen LogP contribution in [0, 0.1) is 12.7 Å². The molecule has 1 N–H and O–H groups in total. The van der Waals surface area contributed by atoms with Gasteiger partial charge in [0.2, 0.25) is 10.0 Å². The van der Waals surface area contributed by atoms with Gasteiger partial charge in [0.1, 0.15) is 5.82 Å². The molecule has 0 saturated carbocycles. The van der Waals surface area contributed by atoms with Gasteiger partial charge in [0.15, 0.2) is 0 Å². The van der Waals surface area contributed by atoms with Gasteiger partial charge in [-0.1, -0.05) is 22.0 Å². The molecule has 2 rings (SSSR count). The van der Waals surface area contributed by atoms with E-state index in [1.807, 2.05) is 0 Å². The van der Waals surface area contributed by atoms with Gasteiger partial charge in [0, 0.05) is 34.7 Å². The maximum atomic E-state index is 14.0. The maximum absolute atomic E-state index is 14.0. The van der Waals surface area contributed by atoms with Crippen molar-refractivity contribution in [2.24, 2.45) is 0 Å². The molecule has 8 heteroatoms. The Morgan fingerprint density at radius 3 is 2.43 bits per heavy atom. The largest absolute Gasteiger partial charge is 0.337 e. The topological polar surface area (TPSA) is 66.5 Å². The highest BCUT2D eigenvalue weighted by molar-refractivity contribution is 9.10. The third kappa shape index (κ3) is 5.62. The van der Waals surface area contributed by atoms with Gasteiger partial charge in [-0.2, -0.15) is 0 Å². The predicted octanol–water partition coefficient (Wildman–Crippen LogP) is 4.25. The summed E-state index contributed by atoms with van der Waals surface area (Å²) in [5, 5.41) is 0. The second-order valence-corrected chi connectivity index (χ2v) is 10.3. The van der Waals surface area contributed by atoms with Crippen molar-refractivity contribution < 1.29 is 17.6 Å². The molecule has 0 aromatic heterocycles. The zero-order valence-electron chi connectivity index (χ0n) is 16.5. The van der Waals surface area contributed by atoms with Crippen LogP contribution in [0.1, 0.15) is 42.3 Å². The minimum atomic E-state index is -3.77. The Labute approximate surface area is 174 Å². The molecule has 0 atom stereocenters. The summed E-state index contributed by atoms with van der Waals surface area (Å²) in [4.78, 5) is 14.3. The molecule has 0 radical (unpaired) electrons. The van der Waals surface area contributed by atoms with E-state index < -0.39 is 21.4 Å². The minimum Gasteiger partial charge on any atom is -0.337 e. The Kier molecular flexibility index (Phi) is 6.68. The summed E-state index contributed by atoms with van der Waals surface area (Å²) >= 11 is 3.29. The predicted molar refractivity (Wildman–Crippen MR) is 111 cm³/mol. The van der Waals surface area contributed by atoms with Crippen LogP contribution in [-0.4, -0.2) is 31.8 Å². The molecular formula is C20H24BrFN2O3S. The molecular weight excluding hydrogens is 447 g/mol. The Morgan fingerprint density at radius 2 is 1.82 bits per heavy atom. The smallest absolute Gasteiger partial charge is 0.254 e. The Bertz CT molecular complexity index is 1000. The molecule has 0 aliphatic rings. The monoisotopic (exact) mass is 470 g/mol. The molecule has 0 fully saturated rings. The highest BCUT2D eigenvalue weighted by Gasteiger charge is 2.24. The Balaban J connectivity index is 2.33. The SMILES string of the molecule is Cc1ccc(S(=O)(=O)NC(C)(C)C)cc1C(=O)N(C)Cc1cc(Br)ccc1F. The van der Waals surface area contributed by atoms with Crippen LogP contribution in [-0.2, 0) is 16.6 Å². The average molecular weight is 471 g/mol. The molecule has 0 bridgehead atoms. The van der Waals surface area contributed by atoms with Crippen molar-refractivity contribution in [1.29, 1.82) is 0 Å². The molecule has 0 spiro atoms. The van der Waals surface area contributed by atoms with Crippen molar-refractivity contribution in [3.8, 4) is 0 Å². The van der Waals surface area contributed by atoms with Crippen LogP contribution < -0.4 is 4.72 Å². The zero-order chi connectivity index (χ0) is 21.3. The number of hydrogen-bond acceptors (Lipinski definition) is 3. The number of benzene rings is 2. The number of carbonyl (C=O) groups is 1. The summed E-state index contributed by atoms with van der Waals surface area (Å²) in [6.07, 6.45) is 0. The molecule has 0 aliphatic carbocycles. The maximum Gasteiger partial charge on any atom is 0.254 e. The minimum absolute atomic E-state index is 0.0124. The molecule has 0 unspecified atom stereocenters. The van der Waals surface area contributed by atoms with E-state index in [-0.39, 0.29) is 22.9 Å². The van der Waals surface area contributed by atoms with E-state index in [1.165, 1.54) is 23.1 Å². The molecule has 5 nitrogen and oxygen atoms in total. The number of sulfonamides is 1. The molecule has 2 aromatic carbocycles. The Hall–Kier alpha value is -1.77. The van der Waals surface area contributed by atoms with Gasteiger partial charge < -0.3 is 4.90 Å². The Morgan fingerprint density at radius 1 is 1.18 bits per heavy atom. The van der Waals surface area contributed by atoms with Crippen LogP contribution in [0.25, 0.3) is 0 Å². The van der Waals surface area contributed by atoms with E-state index in [9.17, 15) is 17.6 Å². The fourth-order valence-corrected chi connectivity index (χ4v) is 4.51. The van der Waals surface area contributed by atoms with Gasteiger partial charge in [-0.25, -0.2) is 17.5 Å². The van der Waals surface area contributed by atoms with Gasteiger partial charge in [0.25, 0.3) is 5.91 Å². The van der Waals surface area contributed by atoms with Crippen molar-refractivity contribution in [3.63, 3.8) is 0 Å². The molecule has 1 amide bonds. The molecule has 0 heterocycles. The summed E-state index contributed by atoms with van der Waals surface area (Å²) < 4.78 is 42.5. The highest BCUT2D eigenvalue weighted by atomic mass is 79.9. The second kappa shape index (κ2) is 8.31. The first-order valence-corrected chi connectivity index (χ1v) is 10.9. The van der Waals surface area contributed by atoms with E-state index in [1.54, 1.807) is 52.9 Å². The first kappa shape index (κ1) is 22.5. The lowest BCUT2D eigenvalue weighted by atomic mass is 10.1. The van der Waals surface area contributed by atoms with Gasteiger partial charge >= 0.3 is 0 Å². The lowest BCUT2D eigenvalue weighted by molar-refractivity contribution is 0.0783. The third-order valence-electron chi connectivity index (χ3n) is 3.95. The third-order valence-corrected chi connectivity index (χ3v) is 6.20. The standard InChI is InChI=1S/C20H24BrFN2O3S/c1-13-6-8-16(28(26,27)23-20(2,3)4)11-17(13)19(25)24(5)12-14-10-15(21)7-9-18(14)22/h6-11,23H,12H2,1-5H3.